The van der Waals surface area contributed by atoms with Crippen LogP contribution in [0.5, 0.6) is 0 Å². The van der Waals surface area contributed by atoms with E-state index in [-0.39, 0.29) is 11.9 Å². The molecule has 5 heteroatoms. The minimum atomic E-state index is 0.280. The van der Waals surface area contributed by atoms with E-state index >= 15 is 0 Å². The molecule has 4 nitrogen and oxygen atoms in total. The van der Waals surface area contributed by atoms with Gasteiger partial charge in [-0.05, 0) is 31.4 Å². The number of unbranched alkanes of at least 4 members (excludes halogenated alkanes) is 3. The molecule has 0 aliphatic rings. The SMILES string of the molecule is Cc1cc(NCCCCCCO)nc(Cl)n1. The molecule has 1 aromatic rings. The summed E-state index contributed by atoms with van der Waals surface area (Å²) in [5.74, 6) is 0.777. The third-order valence-electron chi connectivity index (χ3n) is 2.22. The fourth-order valence-corrected chi connectivity index (χ4v) is 1.65. The van der Waals surface area contributed by atoms with Crippen molar-refractivity contribution in [1.29, 1.82) is 0 Å². The number of halogens is 1. The second-order valence-electron chi connectivity index (χ2n) is 3.73. The van der Waals surface area contributed by atoms with Crippen LogP contribution in [0.3, 0.4) is 0 Å². The second-order valence-corrected chi connectivity index (χ2v) is 4.07. The summed E-state index contributed by atoms with van der Waals surface area (Å²) < 4.78 is 0. The quantitative estimate of drug-likeness (QED) is 0.570. The predicted molar refractivity (Wildman–Crippen MR) is 65.8 cm³/mol. The third kappa shape index (κ3) is 5.28. The first-order valence-electron chi connectivity index (χ1n) is 5.58. The highest BCUT2D eigenvalue weighted by atomic mass is 35.5. The Hall–Kier alpha value is -0.870. The van der Waals surface area contributed by atoms with Crippen LogP contribution in [0.15, 0.2) is 6.07 Å². The van der Waals surface area contributed by atoms with Crippen LogP contribution >= 0.6 is 11.6 Å². The van der Waals surface area contributed by atoms with Crippen LogP contribution in [0.25, 0.3) is 0 Å². The monoisotopic (exact) mass is 243 g/mol. The Kier molecular flexibility index (Phi) is 6.11. The highest BCUT2D eigenvalue weighted by Gasteiger charge is 1.98. The Morgan fingerprint density at radius 2 is 2.00 bits per heavy atom. The number of nitrogens with zero attached hydrogens (tertiary/aromatic N) is 2. The molecule has 0 unspecified atom stereocenters. The van der Waals surface area contributed by atoms with E-state index in [1.807, 2.05) is 13.0 Å². The highest BCUT2D eigenvalue weighted by molar-refractivity contribution is 6.28. The molecule has 0 aliphatic heterocycles. The first-order valence-corrected chi connectivity index (χ1v) is 5.96. The molecule has 0 saturated carbocycles. The van der Waals surface area contributed by atoms with Gasteiger partial charge in [-0.15, -0.1) is 0 Å². The number of aromatic nitrogens is 2. The summed E-state index contributed by atoms with van der Waals surface area (Å²) in [6, 6.07) is 1.87. The maximum atomic E-state index is 8.61. The summed E-state index contributed by atoms with van der Waals surface area (Å²) in [7, 11) is 0. The number of anilines is 1. The van der Waals surface area contributed by atoms with Crippen LogP contribution < -0.4 is 5.32 Å². The molecule has 16 heavy (non-hydrogen) atoms. The Morgan fingerprint density at radius 3 is 2.69 bits per heavy atom. The molecule has 0 aliphatic carbocycles. The van der Waals surface area contributed by atoms with E-state index in [9.17, 15) is 0 Å². The molecule has 0 aromatic carbocycles. The number of hydrogen-bond acceptors (Lipinski definition) is 4. The largest absolute Gasteiger partial charge is 0.396 e. The topological polar surface area (TPSA) is 58.0 Å². The van der Waals surface area contributed by atoms with E-state index in [4.69, 9.17) is 16.7 Å². The fraction of sp³-hybridized carbons (Fsp3) is 0.636. The molecular formula is C11H18ClN3O. The Balaban J connectivity index is 2.21. The van der Waals surface area contributed by atoms with Gasteiger partial charge in [-0.25, -0.2) is 9.97 Å². The minimum Gasteiger partial charge on any atom is -0.396 e. The molecule has 0 fully saturated rings. The van der Waals surface area contributed by atoms with Crippen molar-refractivity contribution in [2.45, 2.75) is 32.6 Å². The van der Waals surface area contributed by atoms with Crippen molar-refractivity contribution in [3.8, 4) is 0 Å². The van der Waals surface area contributed by atoms with Crippen LogP contribution in [-0.2, 0) is 0 Å². The molecule has 0 radical (unpaired) electrons. The van der Waals surface area contributed by atoms with Gasteiger partial charge >= 0.3 is 0 Å². The minimum absolute atomic E-state index is 0.280. The summed E-state index contributed by atoms with van der Waals surface area (Å²) in [6.45, 7) is 3.05. The lowest BCUT2D eigenvalue weighted by Crippen LogP contribution is -2.04. The van der Waals surface area contributed by atoms with Gasteiger partial charge in [0.2, 0.25) is 5.28 Å². The lowest BCUT2D eigenvalue weighted by atomic mass is 10.2. The van der Waals surface area contributed by atoms with E-state index in [0.29, 0.717) is 0 Å². The molecule has 0 amide bonds. The normalized spacial score (nSPS) is 10.4. The fourth-order valence-electron chi connectivity index (χ4n) is 1.43. The Labute approximate surface area is 101 Å². The summed E-state index contributed by atoms with van der Waals surface area (Å²) >= 11 is 5.74. The molecule has 1 heterocycles. The van der Waals surface area contributed by atoms with Crippen molar-refractivity contribution in [3.63, 3.8) is 0 Å². The number of aliphatic hydroxyl groups excluding tert-OH is 1. The summed E-state index contributed by atoms with van der Waals surface area (Å²) in [5, 5.41) is 12.1. The molecule has 0 spiro atoms. The van der Waals surface area contributed by atoms with Gasteiger partial charge in [0.25, 0.3) is 0 Å². The van der Waals surface area contributed by atoms with Crippen molar-refractivity contribution < 1.29 is 5.11 Å². The zero-order valence-electron chi connectivity index (χ0n) is 9.54. The first-order chi connectivity index (χ1) is 7.72. The van der Waals surface area contributed by atoms with E-state index < -0.39 is 0 Å². The van der Waals surface area contributed by atoms with E-state index in [0.717, 1.165) is 43.7 Å². The van der Waals surface area contributed by atoms with Gasteiger partial charge in [0.15, 0.2) is 0 Å². The third-order valence-corrected chi connectivity index (χ3v) is 2.39. The number of aliphatic hydroxyl groups is 1. The van der Waals surface area contributed by atoms with Crippen molar-refractivity contribution in [2.75, 3.05) is 18.5 Å². The van der Waals surface area contributed by atoms with Crippen LogP contribution in [0.4, 0.5) is 5.82 Å². The Bertz CT molecular complexity index is 300. The average molecular weight is 244 g/mol. The zero-order chi connectivity index (χ0) is 11.8. The molecular weight excluding hydrogens is 226 g/mol. The smallest absolute Gasteiger partial charge is 0.224 e. The number of hydrogen-bond donors (Lipinski definition) is 2. The first kappa shape index (κ1) is 13.2. The highest BCUT2D eigenvalue weighted by Crippen LogP contribution is 2.10. The Morgan fingerprint density at radius 1 is 1.25 bits per heavy atom. The van der Waals surface area contributed by atoms with Gasteiger partial charge in [-0.3, -0.25) is 0 Å². The van der Waals surface area contributed by atoms with Gasteiger partial charge < -0.3 is 10.4 Å². The van der Waals surface area contributed by atoms with Gasteiger partial charge in [0.05, 0.1) is 0 Å². The van der Waals surface area contributed by atoms with E-state index in [1.54, 1.807) is 0 Å². The van der Waals surface area contributed by atoms with Crippen molar-refractivity contribution in [1.82, 2.24) is 9.97 Å². The summed E-state index contributed by atoms with van der Waals surface area (Å²) in [6.07, 6.45) is 4.15. The average Bonchev–Trinajstić information content (AvgIpc) is 2.22. The maximum absolute atomic E-state index is 8.61. The van der Waals surface area contributed by atoms with E-state index in [2.05, 4.69) is 15.3 Å². The molecule has 1 rings (SSSR count). The zero-order valence-corrected chi connectivity index (χ0v) is 10.3. The van der Waals surface area contributed by atoms with Gasteiger partial charge in [0.1, 0.15) is 5.82 Å². The molecule has 0 bridgehead atoms. The number of rotatable bonds is 7. The molecule has 0 atom stereocenters. The number of aryl methyl sites for hydroxylation is 1. The van der Waals surface area contributed by atoms with Crippen molar-refractivity contribution in [2.24, 2.45) is 0 Å². The molecule has 1 aromatic heterocycles. The summed E-state index contributed by atoms with van der Waals surface area (Å²) in [5.41, 5.74) is 0.864. The molecule has 2 N–H and O–H groups in total. The predicted octanol–water partition coefficient (Wildman–Crippen LogP) is 2.40. The maximum Gasteiger partial charge on any atom is 0.224 e. The lowest BCUT2D eigenvalue weighted by Gasteiger charge is -2.06. The lowest BCUT2D eigenvalue weighted by molar-refractivity contribution is 0.283. The van der Waals surface area contributed by atoms with E-state index in [1.165, 1.54) is 0 Å². The van der Waals surface area contributed by atoms with Crippen molar-refractivity contribution >= 4 is 17.4 Å². The number of nitrogens with one attached hydrogen (secondary N) is 1. The van der Waals surface area contributed by atoms with Gasteiger partial charge in [-0.1, -0.05) is 12.8 Å². The van der Waals surface area contributed by atoms with Crippen LogP contribution in [0, 0.1) is 6.92 Å². The second kappa shape index (κ2) is 7.41. The standard InChI is InChI=1S/C11H18ClN3O/c1-9-8-10(15-11(12)14-9)13-6-4-2-3-5-7-16/h8,16H,2-7H2,1H3,(H,13,14,15). The van der Waals surface area contributed by atoms with Crippen molar-refractivity contribution in [3.05, 3.63) is 17.0 Å². The van der Waals surface area contributed by atoms with Crippen LogP contribution in [0.1, 0.15) is 31.4 Å². The van der Waals surface area contributed by atoms with Crippen LogP contribution in [0.2, 0.25) is 5.28 Å². The molecule has 0 saturated heterocycles. The van der Waals surface area contributed by atoms with Gasteiger partial charge in [-0.2, -0.15) is 0 Å². The van der Waals surface area contributed by atoms with Gasteiger partial charge in [0, 0.05) is 24.9 Å². The molecule has 90 valence electrons. The van der Waals surface area contributed by atoms with Crippen LogP contribution in [-0.4, -0.2) is 28.2 Å². The summed E-state index contributed by atoms with van der Waals surface area (Å²) in [4.78, 5) is 8.06.